The molecule has 0 radical (unpaired) electrons. The highest BCUT2D eigenvalue weighted by atomic mass is 16.5. The van der Waals surface area contributed by atoms with Gasteiger partial charge in [0, 0.05) is 19.0 Å². The molecule has 1 saturated heterocycles. The van der Waals surface area contributed by atoms with Gasteiger partial charge in [0.05, 0.1) is 5.92 Å². The van der Waals surface area contributed by atoms with Crippen molar-refractivity contribution in [3.8, 4) is 11.1 Å². The molecule has 1 heterocycles. The molecule has 1 fully saturated rings. The van der Waals surface area contributed by atoms with E-state index in [0.717, 1.165) is 22.3 Å². The number of amides is 2. The third-order valence-corrected chi connectivity index (χ3v) is 6.88. The molecule has 180 valence electrons. The molecule has 0 aromatic heterocycles. The van der Waals surface area contributed by atoms with Crippen molar-refractivity contribution < 1.29 is 24.2 Å². The maximum atomic E-state index is 13.2. The lowest BCUT2D eigenvalue weighted by atomic mass is 9.98. The van der Waals surface area contributed by atoms with Crippen LogP contribution in [-0.4, -0.2) is 53.7 Å². The first-order valence-electron chi connectivity index (χ1n) is 11.9. The Morgan fingerprint density at radius 2 is 1.62 bits per heavy atom. The molecule has 1 aliphatic carbocycles. The van der Waals surface area contributed by atoms with Crippen LogP contribution < -0.4 is 5.32 Å². The number of fused-ring (bicyclic) bond motifs is 3. The number of alkyl carbamates (subject to hydrolysis) is 1. The SMILES string of the molecule is CC(C)C[C@@H](NC(=O)OCC1c2ccccc2-c2ccccc21)C(=O)N1C[C@@H](C)[C@H](C(=O)O)C1. The molecule has 4 rings (SSSR count). The maximum Gasteiger partial charge on any atom is 0.407 e. The summed E-state index contributed by atoms with van der Waals surface area (Å²) in [5.41, 5.74) is 4.54. The topological polar surface area (TPSA) is 95.9 Å². The second-order valence-corrected chi connectivity index (χ2v) is 9.82. The zero-order chi connectivity index (χ0) is 24.4. The second kappa shape index (κ2) is 9.87. The number of ether oxygens (including phenoxy) is 1. The van der Waals surface area contributed by atoms with Crippen LogP contribution in [-0.2, 0) is 14.3 Å². The van der Waals surface area contributed by atoms with Crippen molar-refractivity contribution in [2.24, 2.45) is 17.8 Å². The second-order valence-electron chi connectivity index (χ2n) is 9.82. The van der Waals surface area contributed by atoms with E-state index in [4.69, 9.17) is 4.74 Å². The minimum absolute atomic E-state index is 0.0619. The monoisotopic (exact) mass is 464 g/mol. The van der Waals surface area contributed by atoms with Crippen molar-refractivity contribution in [1.29, 1.82) is 0 Å². The molecule has 2 amide bonds. The van der Waals surface area contributed by atoms with E-state index >= 15 is 0 Å². The van der Waals surface area contributed by atoms with E-state index in [0.29, 0.717) is 13.0 Å². The van der Waals surface area contributed by atoms with Crippen LogP contribution in [0.5, 0.6) is 0 Å². The van der Waals surface area contributed by atoms with E-state index in [9.17, 15) is 19.5 Å². The molecule has 0 saturated carbocycles. The van der Waals surface area contributed by atoms with E-state index in [1.807, 2.05) is 45.0 Å². The van der Waals surface area contributed by atoms with Crippen molar-refractivity contribution in [3.63, 3.8) is 0 Å². The zero-order valence-electron chi connectivity index (χ0n) is 19.9. The average Bonchev–Trinajstić information content (AvgIpc) is 3.35. The number of aliphatic carboxylic acids is 1. The van der Waals surface area contributed by atoms with Crippen LogP contribution in [0, 0.1) is 17.8 Å². The lowest BCUT2D eigenvalue weighted by Gasteiger charge is -2.25. The Morgan fingerprint density at radius 1 is 1.03 bits per heavy atom. The van der Waals surface area contributed by atoms with Crippen LogP contribution in [0.1, 0.15) is 44.2 Å². The van der Waals surface area contributed by atoms with Crippen molar-refractivity contribution in [3.05, 3.63) is 59.7 Å². The number of carbonyl (C=O) groups excluding carboxylic acids is 2. The maximum absolute atomic E-state index is 13.2. The van der Waals surface area contributed by atoms with Crippen LogP contribution in [0.25, 0.3) is 11.1 Å². The molecular formula is C27H32N2O5. The average molecular weight is 465 g/mol. The molecule has 7 nitrogen and oxygen atoms in total. The molecule has 3 atom stereocenters. The summed E-state index contributed by atoms with van der Waals surface area (Å²) >= 11 is 0. The van der Waals surface area contributed by atoms with Gasteiger partial charge in [0.15, 0.2) is 0 Å². The van der Waals surface area contributed by atoms with Gasteiger partial charge in [-0.25, -0.2) is 4.79 Å². The lowest BCUT2D eigenvalue weighted by Crippen LogP contribution is -2.49. The van der Waals surface area contributed by atoms with Gasteiger partial charge in [0.2, 0.25) is 5.91 Å². The Morgan fingerprint density at radius 3 is 2.15 bits per heavy atom. The Balaban J connectivity index is 1.42. The normalized spacial score (nSPS) is 20.1. The highest BCUT2D eigenvalue weighted by Crippen LogP contribution is 2.44. The Bertz CT molecular complexity index is 1040. The first kappa shape index (κ1) is 23.8. The Labute approximate surface area is 200 Å². The van der Waals surface area contributed by atoms with Gasteiger partial charge in [0.25, 0.3) is 0 Å². The Hall–Kier alpha value is -3.35. The van der Waals surface area contributed by atoms with E-state index in [-0.39, 0.29) is 36.8 Å². The summed E-state index contributed by atoms with van der Waals surface area (Å²) in [6, 6.07) is 15.5. The number of carboxylic acids is 1. The standard InChI is InChI=1S/C27H32N2O5/c1-16(2)12-24(25(30)29-13-17(3)22(14-29)26(31)32)28-27(33)34-15-23-20-10-6-4-8-18(20)19-9-5-7-11-21(19)23/h4-11,16-17,22-24H,12-15H2,1-3H3,(H,28,33)(H,31,32)/t17-,22-,24-/m1/s1. The fraction of sp³-hybridized carbons (Fsp3) is 0.444. The van der Waals surface area contributed by atoms with Gasteiger partial charge < -0.3 is 20.1 Å². The summed E-state index contributed by atoms with van der Waals surface area (Å²) in [7, 11) is 0. The predicted octanol–water partition coefficient (Wildman–Crippen LogP) is 4.12. The fourth-order valence-corrected chi connectivity index (χ4v) is 5.16. The van der Waals surface area contributed by atoms with E-state index < -0.39 is 24.0 Å². The zero-order valence-corrected chi connectivity index (χ0v) is 19.9. The summed E-state index contributed by atoms with van der Waals surface area (Å²) in [4.78, 5) is 39.0. The van der Waals surface area contributed by atoms with Crippen molar-refractivity contribution >= 4 is 18.0 Å². The molecule has 2 aromatic rings. The molecule has 2 aromatic carbocycles. The molecule has 0 unspecified atom stereocenters. The van der Waals surface area contributed by atoms with Gasteiger partial charge in [-0.05, 0) is 40.5 Å². The molecule has 0 bridgehead atoms. The number of nitrogens with one attached hydrogen (secondary N) is 1. The fourth-order valence-electron chi connectivity index (χ4n) is 5.16. The molecule has 2 aliphatic rings. The molecule has 7 heteroatoms. The van der Waals surface area contributed by atoms with E-state index in [2.05, 4.69) is 29.6 Å². The highest BCUT2D eigenvalue weighted by Gasteiger charge is 2.39. The predicted molar refractivity (Wildman–Crippen MR) is 128 cm³/mol. The molecular weight excluding hydrogens is 432 g/mol. The summed E-state index contributed by atoms with van der Waals surface area (Å²) in [5, 5.41) is 12.2. The first-order valence-corrected chi connectivity index (χ1v) is 11.9. The van der Waals surface area contributed by atoms with Crippen molar-refractivity contribution in [1.82, 2.24) is 10.2 Å². The summed E-state index contributed by atoms with van der Waals surface area (Å²) in [5.74, 6) is -1.76. The Kier molecular flexibility index (Phi) is 6.91. The van der Waals surface area contributed by atoms with Crippen LogP contribution in [0.2, 0.25) is 0 Å². The number of hydrogen-bond donors (Lipinski definition) is 2. The highest BCUT2D eigenvalue weighted by molar-refractivity contribution is 5.87. The van der Waals surface area contributed by atoms with Gasteiger partial charge in [0.1, 0.15) is 12.6 Å². The van der Waals surface area contributed by atoms with Gasteiger partial charge in [-0.1, -0.05) is 69.3 Å². The van der Waals surface area contributed by atoms with E-state index in [1.165, 1.54) is 0 Å². The van der Waals surface area contributed by atoms with Gasteiger partial charge in [-0.15, -0.1) is 0 Å². The molecule has 34 heavy (non-hydrogen) atoms. The van der Waals surface area contributed by atoms with Crippen molar-refractivity contribution in [2.45, 2.75) is 39.2 Å². The van der Waals surface area contributed by atoms with Gasteiger partial charge in [-0.3, -0.25) is 9.59 Å². The van der Waals surface area contributed by atoms with Gasteiger partial charge >= 0.3 is 12.1 Å². The first-order chi connectivity index (χ1) is 16.3. The van der Waals surface area contributed by atoms with Crippen LogP contribution in [0.4, 0.5) is 4.79 Å². The molecule has 2 N–H and O–H groups in total. The quantitative estimate of drug-likeness (QED) is 0.643. The molecule has 1 aliphatic heterocycles. The smallest absolute Gasteiger partial charge is 0.407 e. The minimum Gasteiger partial charge on any atom is -0.481 e. The van der Waals surface area contributed by atoms with Crippen LogP contribution in [0.3, 0.4) is 0 Å². The largest absolute Gasteiger partial charge is 0.481 e. The van der Waals surface area contributed by atoms with Gasteiger partial charge in [-0.2, -0.15) is 0 Å². The number of likely N-dealkylation sites (tertiary alicyclic amines) is 1. The number of rotatable bonds is 7. The molecule has 0 spiro atoms. The number of carbonyl (C=O) groups is 3. The summed E-state index contributed by atoms with van der Waals surface area (Å²) < 4.78 is 5.63. The minimum atomic E-state index is -0.896. The summed E-state index contributed by atoms with van der Waals surface area (Å²) in [6.45, 7) is 6.50. The third-order valence-electron chi connectivity index (χ3n) is 6.88. The van der Waals surface area contributed by atoms with Crippen molar-refractivity contribution in [2.75, 3.05) is 19.7 Å². The number of carboxylic acid groups (broad SMARTS) is 1. The third kappa shape index (κ3) is 4.79. The summed E-state index contributed by atoms with van der Waals surface area (Å²) in [6.07, 6.45) is -0.186. The van der Waals surface area contributed by atoms with Crippen LogP contribution in [0.15, 0.2) is 48.5 Å². The number of hydrogen-bond acceptors (Lipinski definition) is 4. The number of nitrogens with zero attached hydrogens (tertiary/aromatic N) is 1. The van der Waals surface area contributed by atoms with E-state index in [1.54, 1.807) is 4.90 Å². The van der Waals surface area contributed by atoms with Crippen LogP contribution >= 0.6 is 0 Å². The lowest BCUT2D eigenvalue weighted by molar-refractivity contribution is -0.142. The number of benzene rings is 2.